The van der Waals surface area contributed by atoms with Crippen LogP contribution in [-0.4, -0.2) is 10.2 Å². The fourth-order valence-electron chi connectivity index (χ4n) is 2.39. The van der Waals surface area contributed by atoms with Crippen molar-refractivity contribution >= 4 is 11.6 Å². The molecule has 3 rings (SSSR count). The van der Waals surface area contributed by atoms with Crippen molar-refractivity contribution in [2.75, 3.05) is 0 Å². The van der Waals surface area contributed by atoms with Gasteiger partial charge in [0.15, 0.2) is 0 Å². The van der Waals surface area contributed by atoms with Gasteiger partial charge in [-0.15, -0.1) is 0 Å². The summed E-state index contributed by atoms with van der Waals surface area (Å²) in [6.45, 7) is 1.85. The van der Waals surface area contributed by atoms with Crippen LogP contribution in [0, 0.1) is 18.3 Å². The molecular weight excluding hydrogens is 338 g/mol. The molecule has 5 nitrogen and oxygen atoms in total. The number of aromatic nitrogens is 2. The minimum atomic E-state index is -0.223. The Labute approximate surface area is 149 Å². The average molecular weight is 352 g/mol. The number of halogens is 1. The fraction of sp³-hybridized carbons (Fsp3) is 0.105. The van der Waals surface area contributed by atoms with Crippen LogP contribution in [0.5, 0.6) is 11.5 Å². The summed E-state index contributed by atoms with van der Waals surface area (Å²) in [7, 11) is 0. The van der Waals surface area contributed by atoms with Crippen molar-refractivity contribution in [3.05, 3.63) is 86.3 Å². The zero-order chi connectivity index (χ0) is 17.8. The highest BCUT2D eigenvalue weighted by Gasteiger charge is 2.08. The van der Waals surface area contributed by atoms with E-state index in [1.807, 2.05) is 19.1 Å². The van der Waals surface area contributed by atoms with Crippen LogP contribution < -0.4 is 10.3 Å². The van der Waals surface area contributed by atoms with E-state index in [1.165, 1.54) is 6.07 Å². The second kappa shape index (κ2) is 7.20. The summed E-state index contributed by atoms with van der Waals surface area (Å²) in [4.78, 5) is 11.3. The van der Waals surface area contributed by atoms with E-state index >= 15 is 0 Å². The van der Waals surface area contributed by atoms with E-state index in [0.717, 1.165) is 16.8 Å². The molecule has 2 aromatic carbocycles. The number of hydrogen-bond acceptors (Lipinski definition) is 4. The number of rotatable bonds is 4. The minimum absolute atomic E-state index is 0.223. The van der Waals surface area contributed by atoms with Crippen molar-refractivity contribution in [3.8, 4) is 17.6 Å². The van der Waals surface area contributed by atoms with Gasteiger partial charge >= 0.3 is 0 Å². The summed E-state index contributed by atoms with van der Waals surface area (Å²) in [5.74, 6) is 1.03. The number of aromatic amines is 1. The third-order valence-electron chi connectivity index (χ3n) is 3.66. The molecule has 0 amide bonds. The summed E-state index contributed by atoms with van der Waals surface area (Å²) in [6.07, 6.45) is 0.536. The second-order valence-electron chi connectivity index (χ2n) is 5.55. The molecule has 0 saturated heterocycles. The Bertz CT molecular complexity index is 1020. The van der Waals surface area contributed by atoms with E-state index < -0.39 is 0 Å². The molecule has 0 saturated carbocycles. The predicted molar refractivity (Wildman–Crippen MR) is 95.1 cm³/mol. The third kappa shape index (κ3) is 4.06. The molecule has 6 heteroatoms. The highest BCUT2D eigenvalue weighted by molar-refractivity contribution is 6.32. The molecular formula is C19H14ClN3O2. The molecule has 0 aliphatic carbocycles. The number of hydrogen-bond donors (Lipinski definition) is 1. The van der Waals surface area contributed by atoms with Crippen LogP contribution in [0.4, 0.5) is 0 Å². The van der Waals surface area contributed by atoms with Crippen LogP contribution in [0.25, 0.3) is 0 Å². The molecule has 0 spiro atoms. The van der Waals surface area contributed by atoms with Gasteiger partial charge < -0.3 is 4.74 Å². The average Bonchev–Trinajstić information content (AvgIpc) is 2.60. The van der Waals surface area contributed by atoms with Gasteiger partial charge in [-0.25, -0.2) is 5.10 Å². The van der Waals surface area contributed by atoms with Crippen LogP contribution in [-0.2, 0) is 6.42 Å². The number of nitrogens with one attached hydrogen (secondary N) is 1. The normalized spacial score (nSPS) is 10.3. The number of benzene rings is 2. The Hall–Kier alpha value is -3.10. The van der Waals surface area contributed by atoms with Crippen molar-refractivity contribution in [1.82, 2.24) is 10.2 Å². The Morgan fingerprint density at radius 1 is 1.24 bits per heavy atom. The van der Waals surface area contributed by atoms with Gasteiger partial charge in [0.2, 0.25) is 0 Å². The van der Waals surface area contributed by atoms with Crippen LogP contribution >= 0.6 is 11.6 Å². The maximum atomic E-state index is 11.3. The molecule has 25 heavy (non-hydrogen) atoms. The largest absolute Gasteiger partial charge is 0.456 e. The predicted octanol–water partition coefficient (Wildman–Crippen LogP) is 3.99. The van der Waals surface area contributed by atoms with Gasteiger partial charge in [-0.2, -0.15) is 10.4 Å². The summed E-state index contributed by atoms with van der Waals surface area (Å²) < 4.78 is 5.82. The quantitative estimate of drug-likeness (QED) is 0.770. The minimum Gasteiger partial charge on any atom is -0.456 e. The third-order valence-corrected chi connectivity index (χ3v) is 3.97. The zero-order valence-corrected chi connectivity index (χ0v) is 14.2. The maximum absolute atomic E-state index is 11.3. The van der Waals surface area contributed by atoms with Gasteiger partial charge in [-0.3, -0.25) is 4.79 Å². The van der Waals surface area contributed by atoms with Crippen molar-refractivity contribution in [3.63, 3.8) is 0 Å². The molecule has 3 aromatic rings. The first-order valence-corrected chi connectivity index (χ1v) is 7.94. The number of nitrogens with zero attached hydrogens (tertiary/aromatic N) is 2. The van der Waals surface area contributed by atoms with E-state index in [9.17, 15) is 4.79 Å². The molecule has 1 heterocycles. The molecule has 0 radical (unpaired) electrons. The lowest BCUT2D eigenvalue weighted by Crippen LogP contribution is -2.10. The summed E-state index contributed by atoms with van der Waals surface area (Å²) in [5, 5.41) is 16.0. The molecule has 0 unspecified atom stereocenters. The van der Waals surface area contributed by atoms with Gasteiger partial charge in [0.05, 0.1) is 22.3 Å². The van der Waals surface area contributed by atoms with E-state index in [2.05, 4.69) is 16.3 Å². The molecule has 0 aliphatic rings. The highest BCUT2D eigenvalue weighted by Crippen LogP contribution is 2.31. The monoisotopic (exact) mass is 351 g/mol. The first-order chi connectivity index (χ1) is 12.0. The number of ether oxygens (including phenoxy) is 1. The van der Waals surface area contributed by atoms with Gasteiger partial charge in [-0.1, -0.05) is 23.7 Å². The summed E-state index contributed by atoms with van der Waals surface area (Å²) in [5.41, 5.74) is 2.83. The topological polar surface area (TPSA) is 78.8 Å². The van der Waals surface area contributed by atoms with Crippen LogP contribution in [0.1, 0.15) is 22.4 Å². The lowest BCUT2D eigenvalue weighted by Gasteiger charge is -2.10. The molecule has 0 fully saturated rings. The van der Waals surface area contributed by atoms with E-state index in [4.69, 9.17) is 21.6 Å². The Balaban J connectivity index is 1.87. The fourth-order valence-corrected chi connectivity index (χ4v) is 2.54. The SMILES string of the molecule is Cc1cc(=O)[nH]nc1Cc1ccc(Cl)c(Oc2cccc(C#N)c2)c1. The number of nitriles is 1. The first-order valence-electron chi connectivity index (χ1n) is 7.57. The van der Waals surface area contributed by atoms with Crippen molar-refractivity contribution in [1.29, 1.82) is 5.26 Å². The molecule has 0 bridgehead atoms. The Morgan fingerprint density at radius 2 is 2.08 bits per heavy atom. The Morgan fingerprint density at radius 3 is 2.84 bits per heavy atom. The summed E-state index contributed by atoms with van der Waals surface area (Å²) >= 11 is 6.22. The molecule has 0 atom stereocenters. The van der Waals surface area contributed by atoms with E-state index in [1.54, 1.807) is 30.3 Å². The summed E-state index contributed by atoms with van der Waals surface area (Å²) in [6, 6.07) is 15.9. The maximum Gasteiger partial charge on any atom is 0.264 e. The highest BCUT2D eigenvalue weighted by atomic mass is 35.5. The van der Waals surface area contributed by atoms with Crippen LogP contribution in [0.2, 0.25) is 5.02 Å². The van der Waals surface area contributed by atoms with Crippen molar-refractivity contribution < 1.29 is 4.74 Å². The van der Waals surface area contributed by atoms with Crippen molar-refractivity contribution in [2.24, 2.45) is 0 Å². The van der Waals surface area contributed by atoms with E-state index in [0.29, 0.717) is 28.5 Å². The van der Waals surface area contributed by atoms with Gasteiger partial charge in [0.1, 0.15) is 11.5 Å². The van der Waals surface area contributed by atoms with Gasteiger partial charge in [0, 0.05) is 12.5 Å². The Kier molecular flexibility index (Phi) is 4.82. The number of aryl methyl sites for hydroxylation is 1. The molecule has 0 aliphatic heterocycles. The second-order valence-corrected chi connectivity index (χ2v) is 5.95. The van der Waals surface area contributed by atoms with Crippen LogP contribution in [0.15, 0.2) is 53.3 Å². The van der Waals surface area contributed by atoms with Crippen LogP contribution in [0.3, 0.4) is 0 Å². The standard InChI is InChI=1S/C19H14ClN3O2/c1-12-7-19(24)23-22-17(12)9-13-5-6-16(20)18(10-13)25-15-4-2-3-14(8-15)11-21/h2-8,10H,9H2,1H3,(H,23,24). The molecule has 1 N–H and O–H groups in total. The smallest absolute Gasteiger partial charge is 0.264 e. The first kappa shape index (κ1) is 16.7. The lowest BCUT2D eigenvalue weighted by atomic mass is 10.1. The molecule has 1 aromatic heterocycles. The zero-order valence-electron chi connectivity index (χ0n) is 13.4. The van der Waals surface area contributed by atoms with Gasteiger partial charge in [-0.05, 0) is 48.4 Å². The van der Waals surface area contributed by atoms with Gasteiger partial charge in [0.25, 0.3) is 5.56 Å². The molecule has 124 valence electrons. The van der Waals surface area contributed by atoms with Crippen molar-refractivity contribution in [2.45, 2.75) is 13.3 Å². The lowest BCUT2D eigenvalue weighted by molar-refractivity contribution is 0.482. The van der Waals surface area contributed by atoms with E-state index in [-0.39, 0.29) is 5.56 Å². The number of H-pyrrole nitrogens is 1.